The Morgan fingerprint density at radius 3 is 2.47 bits per heavy atom. The maximum Gasteiger partial charge on any atom is 0.227 e. The van der Waals surface area contributed by atoms with Gasteiger partial charge in [0.2, 0.25) is 11.8 Å². The van der Waals surface area contributed by atoms with Gasteiger partial charge in [-0.05, 0) is 98.4 Å². The van der Waals surface area contributed by atoms with Gasteiger partial charge in [0.1, 0.15) is 5.52 Å². The highest BCUT2D eigenvalue weighted by atomic mass is 16.3. The van der Waals surface area contributed by atoms with Crippen LogP contribution in [0.4, 0.5) is 5.69 Å². The number of aromatic nitrogens is 1. The molecule has 0 saturated heterocycles. The largest absolute Gasteiger partial charge is 0.436 e. The number of rotatable bonds is 4. The number of carbonyl (C=O) groups excluding carboxylic acids is 1. The number of nitrogens with zero attached hydrogens (tertiary/aromatic N) is 1. The molecule has 154 valence electrons. The predicted molar refractivity (Wildman–Crippen MR) is 118 cm³/mol. The van der Waals surface area contributed by atoms with Gasteiger partial charge in [-0.15, -0.1) is 0 Å². The lowest BCUT2D eigenvalue weighted by Crippen LogP contribution is -2.47. The second-order valence-electron chi connectivity index (χ2n) is 10.2. The lowest BCUT2D eigenvalue weighted by atomic mass is 9.49. The number of hydrogen-bond acceptors (Lipinski definition) is 3. The van der Waals surface area contributed by atoms with Crippen molar-refractivity contribution in [1.29, 1.82) is 0 Å². The molecule has 4 bridgehead atoms. The van der Waals surface area contributed by atoms with Gasteiger partial charge in [-0.2, -0.15) is 0 Å². The van der Waals surface area contributed by atoms with Crippen molar-refractivity contribution in [1.82, 2.24) is 4.98 Å². The standard InChI is InChI=1S/C26H28N2O2/c1-16-4-2-3-5-21(16)25-28-22-11-20(6-7-23(22)30-25)27-24(29)15-26-12-17-8-18(13-26)10-19(9-17)14-26/h2-7,11,17-19H,8-10,12-15H2,1H3,(H,27,29). The Labute approximate surface area is 177 Å². The fourth-order valence-electron chi connectivity index (χ4n) is 6.99. The van der Waals surface area contributed by atoms with Crippen LogP contribution in [-0.2, 0) is 4.79 Å². The summed E-state index contributed by atoms with van der Waals surface area (Å²) in [7, 11) is 0. The van der Waals surface area contributed by atoms with Crippen LogP contribution in [-0.4, -0.2) is 10.9 Å². The third-order valence-corrected chi connectivity index (χ3v) is 7.75. The fourth-order valence-corrected chi connectivity index (χ4v) is 6.99. The molecular weight excluding hydrogens is 372 g/mol. The molecule has 4 aliphatic carbocycles. The zero-order valence-electron chi connectivity index (χ0n) is 17.5. The van der Waals surface area contributed by atoms with E-state index in [1.807, 2.05) is 36.4 Å². The first kappa shape index (κ1) is 18.2. The fraction of sp³-hybridized carbons (Fsp3) is 0.462. The molecule has 4 saturated carbocycles. The monoisotopic (exact) mass is 400 g/mol. The van der Waals surface area contributed by atoms with Crippen LogP contribution in [0.1, 0.15) is 50.5 Å². The Morgan fingerprint density at radius 1 is 1.07 bits per heavy atom. The van der Waals surface area contributed by atoms with Gasteiger partial charge < -0.3 is 9.73 Å². The minimum atomic E-state index is 0.152. The van der Waals surface area contributed by atoms with E-state index in [1.54, 1.807) is 0 Å². The number of fused-ring (bicyclic) bond motifs is 1. The first-order valence-electron chi connectivity index (χ1n) is 11.3. The molecule has 4 fully saturated rings. The molecule has 7 rings (SSSR count). The molecule has 30 heavy (non-hydrogen) atoms. The highest BCUT2D eigenvalue weighted by molar-refractivity contribution is 5.93. The van der Waals surface area contributed by atoms with E-state index in [0.29, 0.717) is 12.3 Å². The molecule has 0 spiro atoms. The first-order valence-corrected chi connectivity index (χ1v) is 11.3. The Kier molecular flexibility index (Phi) is 4.06. The molecule has 0 atom stereocenters. The van der Waals surface area contributed by atoms with Crippen molar-refractivity contribution in [3.05, 3.63) is 48.0 Å². The van der Waals surface area contributed by atoms with E-state index < -0.39 is 0 Å². The van der Waals surface area contributed by atoms with Gasteiger partial charge >= 0.3 is 0 Å². The summed E-state index contributed by atoms with van der Waals surface area (Å²) < 4.78 is 5.96. The van der Waals surface area contributed by atoms with Gasteiger partial charge in [0.05, 0.1) is 0 Å². The van der Waals surface area contributed by atoms with Gasteiger partial charge in [-0.3, -0.25) is 4.79 Å². The molecule has 3 aromatic rings. The summed E-state index contributed by atoms with van der Waals surface area (Å²) >= 11 is 0. The number of nitrogens with one attached hydrogen (secondary N) is 1. The number of aryl methyl sites for hydroxylation is 1. The molecule has 2 aromatic carbocycles. The maximum absolute atomic E-state index is 12.9. The molecule has 1 heterocycles. The minimum Gasteiger partial charge on any atom is -0.436 e. The summed E-state index contributed by atoms with van der Waals surface area (Å²) in [6.45, 7) is 2.06. The highest BCUT2D eigenvalue weighted by Gasteiger charge is 2.51. The van der Waals surface area contributed by atoms with Crippen LogP contribution in [0.5, 0.6) is 0 Å². The Hall–Kier alpha value is -2.62. The molecular formula is C26H28N2O2. The smallest absolute Gasteiger partial charge is 0.227 e. The summed E-state index contributed by atoms with van der Waals surface area (Å²) in [5.74, 6) is 3.39. The van der Waals surface area contributed by atoms with Crippen molar-refractivity contribution >= 4 is 22.7 Å². The number of amides is 1. The number of carbonyl (C=O) groups is 1. The van der Waals surface area contributed by atoms with Crippen molar-refractivity contribution < 1.29 is 9.21 Å². The number of oxazole rings is 1. The van der Waals surface area contributed by atoms with Crippen LogP contribution in [0.3, 0.4) is 0 Å². The van der Waals surface area contributed by atoms with Gasteiger partial charge in [-0.25, -0.2) is 4.98 Å². The van der Waals surface area contributed by atoms with Gasteiger partial charge in [-0.1, -0.05) is 18.2 Å². The SMILES string of the molecule is Cc1ccccc1-c1nc2cc(NC(=O)CC34CC5CC(CC(C5)C3)C4)ccc2o1. The third-order valence-electron chi connectivity index (χ3n) is 7.75. The number of anilines is 1. The van der Waals surface area contributed by atoms with Gasteiger partial charge in [0.15, 0.2) is 5.58 Å². The van der Waals surface area contributed by atoms with Crippen LogP contribution >= 0.6 is 0 Å². The lowest BCUT2D eigenvalue weighted by Gasteiger charge is -2.56. The Bertz CT molecular complexity index is 1090. The van der Waals surface area contributed by atoms with Gasteiger partial charge in [0, 0.05) is 17.7 Å². The normalized spacial score (nSPS) is 29.4. The average molecular weight is 401 g/mol. The van der Waals surface area contributed by atoms with Crippen LogP contribution in [0.25, 0.3) is 22.6 Å². The third kappa shape index (κ3) is 3.13. The maximum atomic E-state index is 12.9. The first-order chi connectivity index (χ1) is 14.6. The van der Waals surface area contributed by atoms with Crippen LogP contribution in [0, 0.1) is 30.1 Å². The zero-order chi connectivity index (χ0) is 20.3. The van der Waals surface area contributed by atoms with Crippen molar-refractivity contribution in [2.24, 2.45) is 23.2 Å². The number of hydrogen-bond donors (Lipinski definition) is 1. The minimum absolute atomic E-state index is 0.152. The van der Waals surface area contributed by atoms with Crippen LogP contribution < -0.4 is 5.32 Å². The van der Waals surface area contributed by atoms with Crippen molar-refractivity contribution in [3.8, 4) is 11.5 Å². The topological polar surface area (TPSA) is 55.1 Å². The van der Waals surface area contributed by atoms with E-state index in [0.717, 1.165) is 45.7 Å². The molecule has 1 N–H and O–H groups in total. The quantitative estimate of drug-likeness (QED) is 0.555. The number of benzene rings is 2. The summed E-state index contributed by atoms with van der Waals surface area (Å²) in [5, 5.41) is 3.15. The lowest BCUT2D eigenvalue weighted by molar-refractivity contribution is -0.124. The summed E-state index contributed by atoms with van der Waals surface area (Å²) in [6.07, 6.45) is 8.67. The van der Waals surface area contributed by atoms with Crippen molar-refractivity contribution in [2.45, 2.75) is 51.9 Å². The van der Waals surface area contributed by atoms with E-state index in [2.05, 4.69) is 23.3 Å². The molecule has 1 amide bonds. The molecule has 0 aliphatic heterocycles. The highest BCUT2D eigenvalue weighted by Crippen LogP contribution is 2.61. The molecule has 4 heteroatoms. The van der Waals surface area contributed by atoms with E-state index in [-0.39, 0.29) is 11.3 Å². The predicted octanol–water partition coefficient (Wildman–Crippen LogP) is 6.35. The molecule has 0 radical (unpaired) electrons. The molecule has 0 unspecified atom stereocenters. The molecule has 4 nitrogen and oxygen atoms in total. The molecule has 1 aromatic heterocycles. The van der Waals surface area contributed by atoms with E-state index in [9.17, 15) is 4.79 Å². The summed E-state index contributed by atoms with van der Waals surface area (Å²) in [5.41, 5.74) is 4.72. The van der Waals surface area contributed by atoms with E-state index in [1.165, 1.54) is 38.5 Å². The van der Waals surface area contributed by atoms with Gasteiger partial charge in [0.25, 0.3) is 0 Å². The van der Waals surface area contributed by atoms with E-state index >= 15 is 0 Å². The Balaban J connectivity index is 1.20. The molecule has 4 aliphatic rings. The summed E-state index contributed by atoms with van der Waals surface area (Å²) in [4.78, 5) is 17.6. The Morgan fingerprint density at radius 2 is 1.77 bits per heavy atom. The van der Waals surface area contributed by atoms with E-state index in [4.69, 9.17) is 4.42 Å². The second-order valence-corrected chi connectivity index (χ2v) is 10.2. The zero-order valence-corrected chi connectivity index (χ0v) is 17.5. The average Bonchev–Trinajstić information content (AvgIpc) is 3.09. The summed E-state index contributed by atoms with van der Waals surface area (Å²) in [6, 6.07) is 13.8. The van der Waals surface area contributed by atoms with Crippen molar-refractivity contribution in [2.75, 3.05) is 5.32 Å². The van der Waals surface area contributed by atoms with Crippen molar-refractivity contribution in [3.63, 3.8) is 0 Å². The van der Waals surface area contributed by atoms with Crippen LogP contribution in [0.2, 0.25) is 0 Å². The van der Waals surface area contributed by atoms with Crippen LogP contribution in [0.15, 0.2) is 46.9 Å². The second kappa shape index (κ2) is 6.69.